The van der Waals surface area contributed by atoms with Crippen molar-refractivity contribution in [1.82, 2.24) is 0 Å². The Morgan fingerprint density at radius 2 is 1.84 bits per heavy atom. The van der Waals surface area contributed by atoms with Crippen molar-refractivity contribution in [1.29, 1.82) is 0 Å². The first-order valence-electron chi connectivity index (χ1n) is 7.46. The van der Waals surface area contributed by atoms with E-state index in [2.05, 4.69) is 20.8 Å². The fraction of sp³-hybridized carbons (Fsp3) is 0.933. The Morgan fingerprint density at radius 3 is 2.47 bits per heavy atom. The van der Waals surface area contributed by atoms with Crippen molar-refractivity contribution in [2.75, 3.05) is 13.2 Å². The zero-order chi connectivity index (χ0) is 14.0. The molecular weight excluding hydrogens is 242 g/mol. The van der Waals surface area contributed by atoms with Gasteiger partial charge in [-0.15, -0.1) is 0 Å². The molecule has 0 bridgehead atoms. The molecule has 2 N–H and O–H groups in total. The number of hydrogen-bond donors (Lipinski definition) is 1. The molecule has 0 amide bonds. The second kappa shape index (κ2) is 5.80. The maximum atomic E-state index is 12.4. The fourth-order valence-corrected chi connectivity index (χ4v) is 3.31. The van der Waals surface area contributed by atoms with Crippen LogP contribution in [0, 0.1) is 17.3 Å². The minimum atomic E-state index is -0.0834. The van der Waals surface area contributed by atoms with Crippen molar-refractivity contribution < 1.29 is 14.3 Å². The maximum absolute atomic E-state index is 12.4. The minimum absolute atomic E-state index is 0.0230. The molecule has 4 heteroatoms. The average molecular weight is 269 g/mol. The first-order valence-corrected chi connectivity index (χ1v) is 7.46. The largest absolute Gasteiger partial charge is 0.462 e. The Kier molecular flexibility index (Phi) is 4.51. The van der Waals surface area contributed by atoms with E-state index in [0.717, 1.165) is 25.7 Å². The van der Waals surface area contributed by atoms with Crippen molar-refractivity contribution in [3.63, 3.8) is 0 Å². The lowest BCUT2D eigenvalue weighted by molar-refractivity contribution is -0.166. The lowest BCUT2D eigenvalue weighted by Gasteiger charge is -2.45. The predicted octanol–water partition coefficient (Wildman–Crippen LogP) is 2.11. The van der Waals surface area contributed by atoms with E-state index in [0.29, 0.717) is 19.1 Å². The van der Waals surface area contributed by atoms with Crippen molar-refractivity contribution in [2.24, 2.45) is 23.0 Å². The van der Waals surface area contributed by atoms with E-state index in [4.69, 9.17) is 15.2 Å². The second-order valence-electron chi connectivity index (χ2n) is 6.65. The van der Waals surface area contributed by atoms with E-state index < -0.39 is 0 Å². The van der Waals surface area contributed by atoms with Crippen LogP contribution >= 0.6 is 0 Å². The summed E-state index contributed by atoms with van der Waals surface area (Å²) in [5.74, 6) is 0.286. The van der Waals surface area contributed by atoms with Gasteiger partial charge in [-0.1, -0.05) is 20.8 Å². The van der Waals surface area contributed by atoms with Crippen LogP contribution in [0.2, 0.25) is 0 Å². The summed E-state index contributed by atoms with van der Waals surface area (Å²) < 4.78 is 11.0. The van der Waals surface area contributed by atoms with Crippen LogP contribution in [-0.2, 0) is 14.3 Å². The third-order valence-corrected chi connectivity index (χ3v) is 5.24. The molecule has 1 saturated heterocycles. The molecular formula is C15H27NO3. The molecule has 1 heterocycles. The van der Waals surface area contributed by atoms with Gasteiger partial charge in [0.15, 0.2) is 0 Å². The van der Waals surface area contributed by atoms with Gasteiger partial charge in [-0.3, -0.25) is 4.79 Å². The minimum Gasteiger partial charge on any atom is -0.462 e. The van der Waals surface area contributed by atoms with Crippen molar-refractivity contribution in [2.45, 2.75) is 58.6 Å². The smallest absolute Gasteiger partial charge is 0.309 e. The van der Waals surface area contributed by atoms with Crippen LogP contribution in [-0.4, -0.2) is 31.3 Å². The first kappa shape index (κ1) is 14.8. The molecule has 2 rings (SSSR count). The number of hydrogen-bond acceptors (Lipinski definition) is 4. The topological polar surface area (TPSA) is 61.6 Å². The molecule has 2 aliphatic rings. The molecule has 0 aromatic heterocycles. The van der Waals surface area contributed by atoms with Gasteiger partial charge in [-0.25, -0.2) is 0 Å². The van der Waals surface area contributed by atoms with Gasteiger partial charge in [0.2, 0.25) is 0 Å². The number of carbonyl (C=O) groups is 1. The third kappa shape index (κ3) is 3.11. The molecule has 2 fully saturated rings. The van der Waals surface area contributed by atoms with E-state index in [-0.39, 0.29) is 29.4 Å². The van der Waals surface area contributed by atoms with Crippen LogP contribution in [0.4, 0.5) is 0 Å². The molecule has 19 heavy (non-hydrogen) atoms. The van der Waals surface area contributed by atoms with E-state index in [9.17, 15) is 4.79 Å². The summed E-state index contributed by atoms with van der Waals surface area (Å²) in [5, 5.41) is 0. The summed E-state index contributed by atoms with van der Waals surface area (Å²) in [6.07, 6.45) is 3.46. The monoisotopic (exact) mass is 269 g/mol. The SMILES string of the molecule is CC1C(N)CCC(C(=O)OC2CCOCC2)C1(C)C. The van der Waals surface area contributed by atoms with Gasteiger partial charge in [0, 0.05) is 18.9 Å². The Balaban J connectivity index is 1.97. The number of rotatable bonds is 2. The lowest BCUT2D eigenvalue weighted by Crippen LogP contribution is -2.50. The van der Waals surface area contributed by atoms with Crippen LogP contribution in [0.15, 0.2) is 0 Å². The lowest BCUT2D eigenvalue weighted by atomic mass is 9.61. The molecule has 0 spiro atoms. The van der Waals surface area contributed by atoms with Crippen molar-refractivity contribution in [3.05, 3.63) is 0 Å². The summed E-state index contributed by atoms with van der Waals surface area (Å²) >= 11 is 0. The normalized spacial score (nSPS) is 35.9. The first-order chi connectivity index (χ1) is 8.93. The number of carbonyl (C=O) groups excluding carboxylic acids is 1. The van der Waals surface area contributed by atoms with Gasteiger partial charge < -0.3 is 15.2 Å². The summed E-state index contributed by atoms with van der Waals surface area (Å²) in [5.41, 5.74) is 6.05. The second-order valence-corrected chi connectivity index (χ2v) is 6.65. The molecule has 3 unspecified atom stereocenters. The molecule has 0 radical (unpaired) electrons. The highest BCUT2D eigenvalue weighted by atomic mass is 16.6. The Morgan fingerprint density at radius 1 is 1.21 bits per heavy atom. The number of nitrogens with two attached hydrogens (primary N) is 1. The molecule has 4 nitrogen and oxygen atoms in total. The van der Waals surface area contributed by atoms with Gasteiger partial charge in [-0.2, -0.15) is 0 Å². The van der Waals surface area contributed by atoms with Gasteiger partial charge >= 0.3 is 5.97 Å². The molecule has 110 valence electrons. The Bertz CT molecular complexity index is 323. The maximum Gasteiger partial charge on any atom is 0.309 e. The highest BCUT2D eigenvalue weighted by molar-refractivity contribution is 5.73. The van der Waals surface area contributed by atoms with Crippen LogP contribution in [0.1, 0.15) is 46.5 Å². The summed E-state index contributed by atoms with van der Waals surface area (Å²) in [4.78, 5) is 12.4. The highest BCUT2D eigenvalue weighted by Gasteiger charge is 2.46. The molecule has 0 aromatic carbocycles. The van der Waals surface area contributed by atoms with Gasteiger partial charge in [0.1, 0.15) is 6.10 Å². The third-order valence-electron chi connectivity index (χ3n) is 5.24. The van der Waals surface area contributed by atoms with Crippen molar-refractivity contribution >= 4 is 5.97 Å². The van der Waals surface area contributed by atoms with Crippen LogP contribution in [0.3, 0.4) is 0 Å². The van der Waals surface area contributed by atoms with Gasteiger partial charge in [0.25, 0.3) is 0 Å². The zero-order valence-electron chi connectivity index (χ0n) is 12.4. The summed E-state index contributed by atoms with van der Waals surface area (Å²) in [6, 6.07) is 0.196. The van der Waals surface area contributed by atoms with Crippen LogP contribution < -0.4 is 5.73 Å². The fourth-order valence-electron chi connectivity index (χ4n) is 3.31. The standard InChI is InChI=1S/C15H27NO3/c1-10-13(16)5-4-12(15(10,2)3)14(17)19-11-6-8-18-9-7-11/h10-13H,4-9,16H2,1-3H3. The molecule has 1 saturated carbocycles. The van der Waals surface area contributed by atoms with Crippen molar-refractivity contribution in [3.8, 4) is 0 Å². The predicted molar refractivity (Wildman–Crippen MR) is 73.6 cm³/mol. The molecule has 1 aliphatic carbocycles. The van der Waals surface area contributed by atoms with Crippen LogP contribution in [0.5, 0.6) is 0 Å². The van der Waals surface area contributed by atoms with Gasteiger partial charge in [0.05, 0.1) is 19.1 Å². The molecule has 3 atom stereocenters. The van der Waals surface area contributed by atoms with Gasteiger partial charge in [-0.05, 0) is 24.2 Å². The number of esters is 1. The van der Waals surface area contributed by atoms with E-state index in [1.807, 2.05) is 0 Å². The number of ether oxygens (including phenoxy) is 2. The molecule has 1 aliphatic heterocycles. The Labute approximate surface area is 116 Å². The van der Waals surface area contributed by atoms with Crippen LogP contribution in [0.25, 0.3) is 0 Å². The zero-order valence-corrected chi connectivity index (χ0v) is 12.4. The summed E-state index contributed by atoms with van der Waals surface area (Å²) in [6.45, 7) is 7.85. The summed E-state index contributed by atoms with van der Waals surface area (Å²) in [7, 11) is 0. The highest BCUT2D eigenvalue weighted by Crippen LogP contribution is 2.45. The van der Waals surface area contributed by atoms with E-state index in [1.54, 1.807) is 0 Å². The quantitative estimate of drug-likeness (QED) is 0.780. The molecule has 0 aromatic rings. The average Bonchev–Trinajstić information content (AvgIpc) is 2.37. The van der Waals surface area contributed by atoms with E-state index in [1.165, 1.54) is 0 Å². The Hall–Kier alpha value is -0.610. The van der Waals surface area contributed by atoms with E-state index >= 15 is 0 Å².